The van der Waals surface area contributed by atoms with Gasteiger partial charge in [-0.05, 0) is 19.1 Å². The van der Waals surface area contributed by atoms with Crippen molar-refractivity contribution in [1.29, 1.82) is 0 Å². The van der Waals surface area contributed by atoms with E-state index in [1.807, 2.05) is 11.8 Å². The summed E-state index contributed by atoms with van der Waals surface area (Å²) in [5.74, 6) is -0.0450. The molecule has 0 aliphatic carbocycles. The van der Waals surface area contributed by atoms with Gasteiger partial charge in [0.1, 0.15) is 5.82 Å². The van der Waals surface area contributed by atoms with Crippen LogP contribution in [0.3, 0.4) is 0 Å². The number of hydrogen-bond donors (Lipinski definition) is 2. The number of pyridine rings is 1. The summed E-state index contributed by atoms with van der Waals surface area (Å²) < 4.78 is 25.2. The lowest BCUT2D eigenvalue weighted by molar-refractivity contribution is 0.0955. The maximum atomic E-state index is 12.0. The molecule has 0 radical (unpaired) electrons. The summed E-state index contributed by atoms with van der Waals surface area (Å²) in [6.45, 7) is 3.11. The van der Waals surface area contributed by atoms with Crippen molar-refractivity contribution >= 4 is 21.7 Å². The Morgan fingerprint density at radius 2 is 2.12 bits per heavy atom. The fourth-order valence-corrected chi connectivity index (χ4v) is 3.76. The van der Waals surface area contributed by atoms with E-state index in [4.69, 9.17) is 0 Å². The van der Waals surface area contributed by atoms with Crippen LogP contribution in [0.25, 0.3) is 0 Å². The van der Waals surface area contributed by atoms with Gasteiger partial charge in [0.15, 0.2) is 0 Å². The first-order valence-electron chi connectivity index (χ1n) is 7.82. The topological polar surface area (TPSA) is 103 Å². The molecule has 24 heavy (non-hydrogen) atoms. The average Bonchev–Trinajstić information content (AvgIpc) is 2.88. The summed E-state index contributed by atoms with van der Waals surface area (Å²) in [7, 11) is -0.407. The van der Waals surface area contributed by atoms with Crippen LogP contribution in [0.2, 0.25) is 0 Å². The van der Waals surface area contributed by atoms with Crippen molar-refractivity contribution < 1.29 is 18.3 Å². The molecular weight excluding hydrogens is 332 g/mol. The van der Waals surface area contributed by atoms with E-state index in [-0.39, 0.29) is 17.6 Å². The number of sulfonamides is 1. The Morgan fingerprint density at radius 1 is 1.42 bits per heavy atom. The van der Waals surface area contributed by atoms with Crippen LogP contribution in [0.15, 0.2) is 18.3 Å². The van der Waals surface area contributed by atoms with Crippen molar-refractivity contribution in [3.63, 3.8) is 0 Å². The quantitative estimate of drug-likeness (QED) is 0.714. The van der Waals surface area contributed by atoms with Crippen LogP contribution in [0, 0.1) is 5.92 Å². The molecule has 0 unspecified atom stereocenters. The summed E-state index contributed by atoms with van der Waals surface area (Å²) in [5.41, 5.74) is 0.465. The fraction of sp³-hybridized carbons (Fsp3) is 0.600. The maximum absolute atomic E-state index is 12.0. The Hall–Kier alpha value is -1.71. The highest BCUT2D eigenvalue weighted by atomic mass is 32.2. The summed E-state index contributed by atoms with van der Waals surface area (Å²) in [4.78, 5) is 17.8. The highest BCUT2D eigenvalue weighted by molar-refractivity contribution is 7.89. The second-order valence-electron chi connectivity index (χ2n) is 6.06. The molecule has 1 aliphatic heterocycles. The van der Waals surface area contributed by atoms with Crippen LogP contribution in [-0.4, -0.2) is 74.3 Å². The zero-order valence-electron chi connectivity index (χ0n) is 14.1. The van der Waals surface area contributed by atoms with E-state index in [0.717, 1.165) is 0 Å². The van der Waals surface area contributed by atoms with E-state index in [2.05, 4.69) is 10.3 Å². The number of carbonyl (C=O) groups is 1. The van der Waals surface area contributed by atoms with Gasteiger partial charge in [0.05, 0.1) is 17.4 Å². The minimum Gasteiger partial charge on any atom is -0.391 e. The largest absolute Gasteiger partial charge is 0.391 e. The van der Waals surface area contributed by atoms with Crippen LogP contribution in [0.4, 0.5) is 5.82 Å². The highest BCUT2D eigenvalue weighted by Crippen LogP contribution is 2.24. The number of amides is 1. The number of hydrogen-bond acceptors (Lipinski definition) is 6. The molecule has 1 saturated heterocycles. The van der Waals surface area contributed by atoms with E-state index < -0.39 is 16.1 Å². The molecule has 1 aromatic rings. The standard InChI is InChI=1S/C15H24N4O4S/c1-4-16-15(21)11-5-6-14(17-7-11)19-8-12(13(20)9-19)10-24(22,23)18(2)3/h5-7,12-13,20H,4,8-10H2,1-3H3,(H,16,21)/t12-,13+/m0/s1. The van der Waals surface area contributed by atoms with Gasteiger partial charge in [0.25, 0.3) is 5.91 Å². The van der Waals surface area contributed by atoms with Gasteiger partial charge in [-0.1, -0.05) is 0 Å². The van der Waals surface area contributed by atoms with Crippen molar-refractivity contribution in [2.45, 2.75) is 13.0 Å². The predicted octanol–water partition coefficient (Wildman–Crippen LogP) is -0.480. The molecule has 8 nitrogen and oxygen atoms in total. The number of nitrogens with one attached hydrogen (secondary N) is 1. The van der Waals surface area contributed by atoms with Crippen molar-refractivity contribution in [1.82, 2.24) is 14.6 Å². The average molecular weight is 356 g/mol. The number of nitrogens with zero attached hydrogens (tertiary/aromatic N) is 3. The SMILES string of the molecule is CCNC(=O)c1ccc(N2C[C@@H](CS(=O)(=O)N(C)C)[C@H](O)C2)nc1. The first kappa shape index (κ1) is 18.6. The van der Waals surface area contributed by atoms with E-state index in [1.165, 1.54) is 24.6 Å². The molecule has 0 aromatic carbocycles. The molecule has 0 bridgehead atoms. The van der Waals surface area contributed by atoms with Crippen molar-refractivity contribution in [3.05, 3.63) is 23.9 Å². The van der Waals surface area contributed by atoms with Crippen LogP contribution < -0.4 is 10.2 Å². The minimum atomic E-state index is -3.37. The maximum Gasteiger partial charge on any atom is 0.252 e. The molecular formula is C15H24N4O4S. The number of carbonyl (C=O) groups excluding carboxylic acids is 1. The Kier molecular flexibility index (Phi) is 5.79. The van der Waals surface area contributed by atoms with Gasteiger partial charge in [0, 0.05) is 45.8 Å². The van der Waals surface area contributed by atoms with E-state index in [0.29, 0.717) is 31.0 Å². The van der Waals surface area contributed by atoms with Crippen LogP contribution in [0.5, 0.6) is 0 Å². The monoisotopic (exact) mass is 356 g/mol. The van der Waals surface area contributed by atoms with Crippen molar-refractivity contribution in [2.24, 2.45) is 5.92 Å². The number of aromatic nitrogens is 1. The number of anilines is 1. The van der Waals surface area contributed by atoms with Crippen LogP contribution in [-0.2, 0) is 10.0 Å². The molecule has 2 rings (SSSR count). The number of rotatable bonds is 6. The lowest BCUT2D eigenvalue weighted by atomic mass is 10.1. The summed E-state index contributed by atoms with van der Waals surface area (Å²) in [5, 5.41) is 12.9. The predicted molar refractivity (Wildman–Crippen MR) is 91.4 cm³/mol. The zero-order valence-corrected chi connectivity index (χ0v) is 15.0. The molecule has 0 saturated carbocycles. The third-order valence-corrected chi connectivity index (χ3v) is 6.02. The molecule has 1 fully saturated rings. The first-order valence-corrected chi connectivity index (χ1v) is 9.43. The Bertz CT molecular complexity index is 675. The zero-order chi connectivity index (χ0) is 17.9. The molecule has 134 valence electrons. The minimum absolute atomic E-state index is 0.103. The molecule has 9 heteroatoms. The number of β-amino-alcohol motifs (C(OH)–C–C–N with tert-alkyl or cyclic N) is 1. The second kappa shape index (κ2) is 7.45. The van der Waals surface area contributed by atoms with Crippen molar-refractivity contribution in [3.8, 4) is 0 Å². The molecule has 2 heterocycles. The summed E-state index contributed by atoms with van der Waals surface area (Å²) in [6, 6.07) is 3.38. The summed E-state index contributed by atoms with van der Waals surface area (Å²) in [6.07, 6.45) is 0.751. The highest BCUT2D eigenvalue weighted by Gasteiger charge is 2.35. The lowest BCUT2D eigenvalue weighted by Crippen LogP contribution is -2.33. The van der Waals surface area contributed by atoms with Crippen molar-refractivity contribution in [2.75, 3.05) is 44.4 Å². The van der Waals surface area contributed by atoms with Gasteiger partial charge in [-0.3, -0.25) is 4.79 Å². The Labute approximate surface area is 142 Å². The first-order chi connectivity index (χ1) is 11.2. The fourth-order valence-electron chi connectivity index (χ4n) is 2.59. The van der Waals surface area contributed by atoms with Crippen LogP contribution >= 0.6 is 0 Å². The number of aliphatic hydroxyl groups excluding tert-OH is 1. The van der Waals surface area contributed by atoms with Gasteiger partial charge in [-0.25, -0.2) is 17.7 Å². The summed E-state index contributed by atoms with van der Waals surface area (Å²) >= 11 is 0. The van der Waals surface area contributed by atoms with Gasteiger partial charge < -0.3 is 15.3 Å². The van der Waals surface area contributed by atoms with Crippen LogP contribution in [0.1, 0.15) is 17.3 Å². The van der Waals surface area contributed by atoms with E-state index >= 15 is 0 Å². The third kappa shape index (κ3) is 4.22. The molecule has 2 atom stereocenters. The molecule has 1 aromatic heterocycles. The normalized spacial score (nSPS) is 21.3. The molecule has 1 amide bonds. The molecule has 0 spiro atoms. The molecule has 1 aliphatic rings. The van der Waals surface area contributed by atoms with Gasteiger partial charge >= 0.3 is 0 Å². The third-order valence-electron chi connectivity index (χ3n) is 4.06. The van der Waals surface area contributed by atoms with E-state index in [9.17, 15) is 18.3 Å². The van der Waals surface area contributed by atoms with Gasteiger partial charge in [-0.2, -0.15) is 0 Å². The lowest BCUT2D eigenvalue weighted by Gasteiger charge is -2.18. The van der Waals surface area contributed by atoms with Gasteiger partial charge in [-0.15, -0.1) is 0 Å². The Balaban J connectivity index is 2.05. The van der Waals surface area contributed by atoms with E-state index in [1.54, 1.807) is 12.1 Å². The second-order valence-corrected chi connectivity index (χ2v) is 8.29. The Morgan fingerprint density at radius 3 is 2.67 bits per heavy atom. The smallest absolute Gasteiger partial charge is 0.252 e. The number of aliphatic hydroxyl groups is 1. The molecule has 2 N–H and O–H groups in total. The van der Waals surface area contributed by atoms with Gasteiger partial charge in [0.2, 0.25) is 10.0 Å².